The summed E-state index contributed by atoms with van der Waals surface area (Å²) in [5.74, 6) is 0. The predicted octanol–water partition coefficient (Wildman–Crippen LogP) is 0.521. The SMILES string of the molecule is CCC1=[C]([Zr+2][C]2=C(C)C(C)=C(C)C2(C)C)C(CC)=C(C)C1.[Cl-].[Cl-]. The van der Waals surface area contributed by atoms with Crippen molar-refractivity contribution in [3.05, 3.63) is 40.0 Å². The molecule has 0 nitrogen and oxygen atoms in total. The molecule has 0 bridgehead atoms. The second kappa shape index (κ2) is 8.68. The molecule has 0 atom stereocenters. The van der Waals surface area contributed by atoms with E-state index in [-0.39, 0.29) is 24.8 Å². The third kappa shape index (κ3) is 3.99. The fourth-order valence-electron chi connectivity index (χ4n) is 3.85. The third-order valence-corrected chi connectivity index (χ3v) is 11.0. The molecule has 0 aliphatic heterocycles. The fourth-order valence-corrected chi connectivity index (χ4v) is 9.04. The van der Waals surface area contributed by atoms with Crippen molar-refractivity contribution < 1.29 is 48.0 Å². The summed E-state index contributed by atoms with van der Waals surface area (Å²) in [5, 5.41) is 0. The molecule has 2 aliphatic rings. The van der Waals surface area contributed by atoms with E-state index in [1.165, 1.54) is 19.3 Å². The molecule has 0 fully saturated rings. The molecule has 128 valence electrons. The maximum absolute atomic E-state index is 2.45. The Morgan fingerprint density at radius 3 is 1.87 bits per heavy atom. The molecule has 23 heavy (non-hydrogen) atoms. The van der Waals surface area contributed by atoms with Gasteiger partial charge in [0.15, 0.2) is 0 Å². The Morgan fingerprint density at radius 1 is 0.913 bits per heavy atom. The Labute approximate surface area is 167 Å². The minimum absolute atomic E-state index is 0. The van der Waals surface area contributed by atoms with Crippen molar-refractivity contribution in [1.29, 1.82) is 0 Å². The third-order valence-electron chi connectivity index (χ3n) is 5.74. The van der Waals surface area contributed by atoms with Crippen molar-refractivity contribution in [1.82, 2.24) is 0 Å². The van der Waals surface area contributed by atoms with Gasteiger partial charge in [-0.3, -0.25) is 0 Å². The van der Waals surface area contributed by atoms with Crippen molar-refractivity contribution in [3.8, 4) is 0 Å². The average molecular weight is 433 g/mol. The second-order valence-electron chi connectivity index (χ2n) is 7.12. The Hall–Kier alpha value is 0.423. The van der Waals surface area contributed by atoms with Gasteiger partial charge in [0.1, 0.15) is 0 Å². The number of allylic oxidation sites excluding steroid dienone is 8. The van der Waals surface area contributed by atoms with E-state index in [0.717, 1.165) is 0 Å². The normalized spacial score (nSPS) is 20.0. The minimum Gasteiger partial charge on any atom is -1.00 e. The van der Waals surface area contributed by atoms with Crippen LogP contribution in [0.3, 0.4) is 0 Å². The van der Waals surface area contributed by atoms with Crippen LogP contribution in [-0.2, 0) is 23.2 Å². The topological polar surface area (TPSA) is 0 Å². The van der Waals surface area contributed by atoms with Gasteiger partial charge >= 0.3 is 143 Å². The largest absolute Gasteiger partial charge is 1.00 e. The first-order valence-corrected chi connectivity index (χ1v) is 10.8. The van der Waals surface area contributed by atoms with Crippen molar-refractivity contribution in [3.63, 3.8) is 0 Å². The molecule has 0 radical (unpaired) electrons. The number of hydrogen-bond acceptors (Lipinski definition) is 0. The van der Waals surface area contributed by atoms with Crippen molar-refractivity contribution in [2.24, 2.45) is 5.41 Å². The van der Waals surface area contributed by atoms with Gasteiger partial charge in [-0.25, -0.2) is 0 Å². The van der Waals surface area contributed by atoms with Crippen molar-refractivity contribution in [2.45, 2.75) is 74.7 Å². The molecule has 0 aromatic rings. The average Bonchev–Trinajstić information content (AvgIpc) is 2.82. The summed E-state index contributed by atoms with van der Waals surface area (Å²) in [6.45, 7) is 19.0. The van der Waals surface area contributed by atoms with Gasteiger partial charge in [0.05, 0.1) is 0 Å². The van der Waals surface area contributed by atoms with E-state index in [0.29, 0.717) is 5.41 Å². The summed E-state index contributed by atoms with van der Waals surface area (Å²) >= 11 is -0.677. The van der Waals surface area contributed by atoms with Crippen LogP contribution in [0.5, 0.6) is 0 Å². The van der Waals surface area contributed by atoms with Crippen LogP contribution in [0.4, 0.5) is 0 Å². The smallest absolute Gasteiger partial charge is 1.00 e. The maximum Gasteiger partial charge on any atom is -1.00 e. The molecule has 0 aromatic carbocycles. The van der Waals surface area contributed by atoms with E-state index in [1.54, 1.807) is 33.4 Å². The molecule has 0 N–H and O–H groups in total. The van der Waals surface area contributed by atoms with Crippen molar-refractivity contribution in [2.75, 3.05) is 0 Å². The molecule has 3 heteroatoms. The molecule has 0 saturated carbocycles. The van der Waals surface area contributed by atoms with Crippen LogP contribution >= 0.6 is 0 Å². The molecule has 2 rings (SSSR count). The molecular weight excluding hydrogens is 402 g/mol. The molecule has 0 heterocycles. The monoisotopic (exact) mass is 430 g/mol. The predicted molar refractivity (Wildman–Crippen MR) is 89.8 cm³/mol. The first-order chi connectivity index (χ1) is 9.75. The number of hydrogen-bond donors (Lipinski definition) is 0. The van der Waals surface area contributed by atoms with E-state index in [9.17, 15) is 0 Å². The first kappa shape index (κ1) is 23.4. The fraction of sp³-hybridized carbons (Fsp3) is 0.600. The Kier molecular flexibility index (Phi) is 8.84. The minimum atomic E-state index is -0.677. The standard InChI is InChI=1S/2C10H15.2ClH.Zr/c1-7-6-10(4,5)9(3)8(7)2;1-4-9-6-8(3)10(5-2)7-9;;;/h1-5H3;4-6H2,1-3H3;2*1H;/q;;;;+2/p-2. The summed E-state index contributed by atoms with van der Waals surface area (Å²) < 4.78 is 3.66. The number of rotatable bonds is 4. The molecule has 0 unspecified atom stereocenters. The van der Waals surface area contributed by atoms with E-state index < -0.39 is 23.2 Å². The summed E-state index contributed by atoms with van der Waals surface area (Å²) in [5.41, 5.74) is 10.2. The van der Waals surface area contributed by atoms with Gasteiger partial charge in [-0.1, -0.05) is 0 Å². The van der Waals surface area contributed by atoms with Crippen LogP contribution in [-0.4, -0.2) is 0 Å². The van der Waals surface area contributed by atoms with Crippen LogP contribution in [0, 0.1) is 5.41 Å². The summed E-state index contributed by atoms with van der Waals surface area (Å²) in [6, 6.07) is 0. The molecule has 2 aliphatic carbocycles. The van der Waals surface area contributed by atoms with E-state index in [1.807, 2.05) is 6.56 Å². The first-order valence-electron chi connectivity index (χ1n) is 8.33. The zero-order valence-electron chi connectivity index (χ0n) is 15.9. The summed E-state index contributed by atoms with van der Waals surface area (Å²) in [7, 11) is 0. The van der Waals surface area contributed by atoms with Gasteiger partial charge in [0.25, 0.3) is 0 Å². The van der Waals surface area contributed by atoms with Crippen molar-refractivity contribution >= 4 is 0 Å². The molecule has 0 saturated heterocycles. The van der Waals surface area contributed by atoms with Crippen LogP contribution in [0.15, 0.2) is 40.0 Å². The molecule has 0 amide bonds. The zero-order valence-corrected chi connectivity index (χ0v) is 19.8. The van der Waals surface area contributed by atoms with Gasteiger partial charge in [0, 0.05) is 0 Å². The van der Waals surface area contributed by atoms with Gasteiger partial charge in [-0.05, 0) is 0 Å². The molecule has 0 spiro atoms. The zero-order chi connectivity index (χ0) is 15.9. The number of halogens is 2. The molecule has 0 aromatic heterocycles. The summed E-state index contributed by atoms with van der Waals surface area (Å²) in [4.78, 5) is 0. The Balaban J connectivity index is 0.00000242. The van der Waals surface area contributed by atoms with E-state index >= 15 is 0 Å². The van der Waals surface area contributed by atoms with Crippen LogP contribution in [0.25, 0.3) is 0 Å². The van der Waals surface area contributed by atoms with Gasteiger partial charge in [-0.2, -0.15) is 0 Å². The van der Waals surface area contributed by atoms with Gasteiger partial charge in [0.2, 0.25) is 0 Å². The Bertz CT molecular complexity index is 601. The van der Waals surface area contributed by atoms with Gasteiger partial charge < -0.3 is 24.8 Å². The van der Waals surface area contributed by atoms with Crippen LogP contribution < -0.4 is 24.8 Å². The maximum atomic E-state index is 2.45. The van der Waals surface area contributed by atoms with E-state index in [4.69, 9.17) is 0 Å². The summed E-state index contributed by atoms with van der Waals surface area (Å²) in [6.07, 6.45) is 3.73. The second-order valence-corrected chi connectivity index (χ2v) is 10.2. The van der Waals surface area contributed by atoms with Gasteiger partial charge in [-0.15, -0.1) is 0 Å². The van der Waals surface area contributed by atoms with Crippen LogP contribution in [0.2, 0.25) is 0 Å². The quantitative estimate of drug-likeness (QED) is 0.608. The van der Waals surface area contributed by atoms with Crippen LogP contribution in [0.1, 0.15) is 74.7 Å². The Morgan fingerprint density at radius 2 is 1.48 bits per heavy atom. The molecular formula is C20H30Cl2Zr. The van der Waals surface area contributed by atoms with E-state index in [2.05, 4.69) is 55.4 Å².